The van der Waals surface area contributed by atoms with Crippen molar-refractivity contribution >= 4 is 23.6 Å². The number of thioether (sulfide) groups is 1. The lowest BCUT2D eigenvalue weighted by Gasteiger charge is -2.23. The molecule has 1 saturated heterocycles. The van der Waals surface area contributed by atoms with Gasteiger partial charge in [-0.1, -0.05) is 0 Å². The molecule has 0 saturated carbocycles. The zero-order valence-corrected chi connectivity index (χ0v) is 10.3. The van der Waals surface area contributed by atoms with Crippen LogP contribution < -0.4 is 10.6 Å². The molecule has 1 rings (SSSR count). The minimum atomic E-state index is -1.11. The fourth-order valence-electron chi connectivity index (χ4n) is 1.61. The maximum Gasteiger partial charge on any atom is 0.326 e. The van der Waals surface area contributed by atoms with Crippen molar-refractivity contribution in [1.29, 1.82) is 0 Å². The van der Waals surface area contributed by atoms with E-state index >= 15 is 0 Å². The van der Waals surface area contributed by atoms with Gasteiger partial charge in [-0.3, -0.25) is 4.79 Å². The van der Waals surface area contributed by atoms with E-state index in [0.29, 0.717) is 0 Å². The Morgan fingerprint density at radius 3 is 2.82 bits per heavy atom. The van der Waals surface area contributed by atoms with Gasteiger partial charge in [0.15, 0.2) is 0 Å². The molecule has 2 unspecified atom stereocenters. The van der Waals surface area contributed by atoms with Gasteiger partial charge in [0.25, 0.3) is 0 Å². The van der Waals surface area contributed by atoms with Crippen LogP contribution in [0.25, 0.3) is 0 Å². The predicted octanol–water partition coefficient (Wildman–Crippen LogP) is -0.967. The zero-order chi connectivity index (χ0) is 12.7. The highest BCUT2D eigenvalue weighted by Gasteiger charge is 2.22. The summed E-state index contributed by atoms with van der Waals surface area (Å²) in [5.74, 6) is 0.509. The van der Waals surface area contributed by atoms with Crippen LogP contribution in [0.3, 0.4) is 0 Å². The third-order valence-corrected chi connectivity index (χ3v) is 3.61. The minimum Gasteiger partial charge on any atom is -0.480 e. The predicted molar refractivity (Wildman–Crippen MR) is 65.0 cm³/mol. The summed E-state index contributed by atoms with van der Waals surface area (Å²) in [5, 5.41) is 23.1. The first kappa shape index (κ1) is 14.3. The maximum absolute atomic E-state index is 11.6. The highest BCUT2D eigenvalue weighted by Crippen LogP contribution is 2.10. The summed E-state index contributed by atoms with van der Waals surface area (Å²) in [7, 11) is 0. The van der Waals surface area contributed by atoms with E-state index in [-0.39, 0.29) is 31.4 Å². The zero-order valence-electron chi connectivity index (χ0n) is 9.52. The van der Waals surface area contributed by atoms with Crippen LogP contribution in [0.2, 0.25) is 0 Å². The number of aliphatic hydroxyl groups is 1. The average Bonchev–Trinajstić information content (AvgIpc) is 2.29. The Labute approximate surface area is 104 Å². The first-order valence-electron chi connectivity index (χ1n) is 5.57. The Balaban J connectivity index is 2.33. The molecule has 6 nitrogen and oxygen atoms in total. The fourth-order valence-corrected chi connectivity index (χ4v) is 2.56. The minimum absolute atomic E-state index is 0.0356. The molecule has 0 aromatic heterocycles. The maximum atomic E-state index is 11.6. The van der Waals surface area contributed by atoms with Crippen molar-refractivity contribution in [3.63, 3.8) is 0 Å². The topological polar surface area (TPSA) is 98.7 Å². The van der Waals surface area contributed by atoms with Gasteiger partial charge >= 0.3 is 5.97 Å². The molecule has 4 N–H and O–H groups in total. The van der Waals surface area contributed by atoms with Crippen molar-refractivity contribution in [2.45, 2.75) is 24.9 Å². The molecule has 17 heavy (non-hydrogen) atoms. The van der Waals surface area contributed by atoms with Crippen molar-refractivity contribution in [3.05, 3.63) is 0 Å². The second kappa shape index (κ2) is 7.52. The van der Waals surface area contributed by atoms with E-state index in [0.717, 1.165) is 18.1 Å². The number of aliphatic hydroxyl groups excluding tert-OH is 1. The van der Waals surface area contributed by atoms with Gasteiger partial charge < -0.3 is 20.8 Å². The van der Waals surface area contributed by atoms with E-state index in [1.807, 2.05) is 0 Å². The van der Waals surface area contributed by atoms with Crippen LogP contribution in [0.15, 0.2) is 0 Å². The van der Waals surface area contributed by atoms with Crippen molar-refractivity contribution in [3.8, 4) is 0 Å². The van der Waals surface area contributed by atoms with E-state index in [1.54, 1.807) is 11.8 Å². The number of carbonyl (C=O) groups is 2. The Morgan fingerprint density at radius 2 is 2.29 bits per heavy atom. The standard InChI is InChI=1S/C10H18N2O4S/c13-3-1-8(10(15)16)12-9(14)5-7-6-17-4-2-11-7/h7-8,11,13H,1-6H2,(H,12,14)(H,15,16). The third-order valence-electron chi connectivity index (χ3n) is 2.48. The summed E-state index contributed by atoms with van der Waals surface area (Å²) in [4.78, 5) is 22.4. The third kappa shape index (κ3) is 5.38. The number of aliphatic carboxylic acids is 1. The molecule has 1 amide bonds. The number of carbonyl (C=O) groups excluding carboxylic acids is 1. The van der Waals surface area contributed by atoms with Gasteiger partial charge in [0.05, 0.1) is 0 Å². The van der Waals surface area contributed by atoms with Crippen molar-refractivity contribution < 1.29 is 19.8 Å². The van der Waals surface area contributed by atoms with E-state index in [9.17, 15) is 9.59 Å². The average molecular weight is 262 g/mol. The highest BCUT2D eigenvalue weighted by molar-refractivity contribution is 7.99. The van der Waals surface area contributed by atoms with Gasteiger partial charge in [-0.25, -0.2) is 4.79 Å². The van der Waals surface area contributed by atoms with Gasteiger partial charge in [-0.05, 0) is 0 Å². The van der Waals surface area contributed by atoms with Crippen LogP contribution in [0.5, 0.6) is 0 Å². The lowest BCUT2D eigenvalue weighted by Crippen LogP contribution is -2.46. The molecule has 0 aromatic carbocycles. The number of hydrogen-bond acceptors (Lipinski definition) is 5. The van der Waals surface area contributed by atoms with Crippen molar-refractivity contribution in [2.24, 2.45) is 0 Å². The Kier molecular flexibility index (Phi) is 6.31. The van der Waals surface area contributed by atoms with E-state index < -0.39 is 12.0 Å². The molecule has 1 aliphatic rings. The first-order chi connectivity index (χ1) is 8.13. The second-order valence-electron chi connectivity index (χ2n) is 3.90. The molecule has 0 spiro atoms. The van der Waals surface area contributed by atoms with Gasteiger partial charge in [0.2, 0.25) is 5.91 Å². The molecule has 7 heteroatoms. The van der Waals surface area contributed by atoms with E-state index in [4.69, 9.17) is 10.2 Å². The molecule has 0 radical (unpaired) electrons. The van der Waals surface area contributed by atoms with Crippen LogP contribution in [-0.4, -0.2) is 58.8 Å². The normalized spacial score (nSPS) is 21.8. The summed E-state index contributed by atoms with van der Waals surface area (Å²) in [6.07, 6.45) is 0.316. The summed E-state index contributed by atoms with van der Waals surface area (Å²) >= 11 is 1.78. The van der Waals surface area contributed by atoms with E-state index in [1.165, 1.54) is 0 Å². The Bertz CT molecular complexity index is 269. The molecular weight excluding hydrogens is 244 g/mol. The number of amides is 1. The van der Waals surface area contributed by atoms with Gasteiger partial charge in [0.1, 0.15) is 6.04 Å². The first-order valence-corrected chi connectivity index (χ1v) is 6.73. The number of carboxylic acid groups (broad SMARTS) is 1. The van der Waals surface area contributed by atoms with Crippen LogP contribution >= 0.6 is 11.8 Å². The molecule has 1 fully saturated rings. The molecule has 1 aliphatic heterocycles. The molecular formula is C10H18N2O4S. The van der Waals surface area contributed by atoms with Crippen LogP contribution in [0.4, 0.5) is 0 Å². The highest BCUT2D eigenvalue weighted by atomic mass is 32.2. The van der Waals surface area contributed by atoms with Crippen molar-refractivity contribution in [1.82, 2.24) is 10.6 Å². The lowest BCUT2D eigenvalue weighted by atomic mass is 10.1. The lowest BCUT2D eigenvalue weighted by molar-refractivity contribution is -0.142. The molecule has 98 valence electrons. The summed E-state index contributed by atoms with van der Waals surface area (Å²) in [5.41, 5.74) is 0. The summed E-state index contributed by atoms with van der Waals surface area (Å²) < 4.78 is 0. The summed E-state index contributed by atoms with van der Waals surface area (Å²) in [6.45, 7) is 0.621. The monoisotopic (exact) mass is 262 g/mol. The number of rotatable bonds is 6. The second-order valence-corrected chi connectivity index (χ2v) is 5.05. The number of carboxylic acids is 1. The number of nitrogens with one attached hydrogen (secondary N) is 2. The van der Waals surface area contributed by atoms with Crippen molar-refractivity contribution in [2.75, 3.05) is 24.7 Å². The van der Waals surface area contributed by atoms with Crippen LogP contribution in [-0.2, 0) is 9.59 Å². The molecule has 0 bridgehead atoms. The van der Waals surface area contributed by atoms with Crippen LogP contribution in [0.1, 0.15) is 12.8 Å². The van der Waals surface area contributed by atoms with Gasteiger partial charge in [-0.2, -0.15) is 11.8 Å². The molecule has 2 atom stereocenters. The largest absolute Gasteiger partial charge is 0.480 e. The fraction of sp³-hybridized carbons (Fsp3) is 0.800. The molecule has 1 heterocycles. The molecule has 0 aliphatic carbocycles. The quantitative estimate of drug-likeness (QED) is 0.492. The SMILES string of the molecule is O=C(CC1CSCCN1)NC(CCO)C(=O)O. The van der Waals surface area contributed by atoms with Gasteiger partial charge in [0, 0.05) is 43.5 Å². The molecule has 0 aromatic rings. The number of hydrogen-bond donors (Lipinski definition) is 4. The Hall–Kier alpha value is -0.790. The van der Waals surface area contributed by atoms with Crippen LogP contribution in [0, 0.1) is 0 Å². The van der Waals surface area contributed by atoms with E-state index in [2.05, 4.69) is 10.6 Å². The summed E-state index contributed by atoms with van der Waals surface area (Å²) in [6, 6.07) is -0.888. The smallest absolute Gasteiger partial charge is 0.326 e. The Morgan fingerprint density at radius 1 is 1.53 bits per heavy atom. The van der Waals surface area contributed by atoms with Gasteiger partial charge in [-0.15, -0.1) is 0 Å².